The molecule has 0 aromatic carbocycles. The van der Waals surface area contributed by atoms with Gasteiger partial charge in [-0.3, -0.25) is 9.69 Å². The number of rotatable bonds is 5. The summed E-state index contributed by atoms with van der Waals surface area (Å²) in [4.78, 5) is 13.0. The molecule has 1 saturated heterocycles. The lowest BCUT2D eigenvalue weighted by Crippen LogP contribution is -2.49. The van der Waals surface area contributed by atoms with E-state index in [9.17, 15) is 13.2 Å². The smallest absolute Gasteiger partial charge is 0.304 e. The number of hydrogen-bond acceptors (Lipinski definition) is 4. The first-order chi connectivity index (χ1) is 9.46. The normalized spacial score (nSPS) is 28.3. The molecule has 5 nitrogen and oxygen atoms in total. The monoisotopic (exact) mass is 303 g/mol. The van der Waals surface area contributed by atoms with E-state index in [1.54, 1.807) is 0 Å². The van der Waals surface area contributed by atoms with Crippen molar-refractivity contribution in [3.63, 3.8) is 0 Å². The van der Waals surface area contributed by atoms with E-state index in [-0.39, 0.29) is 24.0 Å². The molecule has 0 aromatic heterocycles. The third kappa shape index (κ3) is 4.74. The fourth-order valence-electron chi connectivity index (χ4n) is 3.43. The van der Waals surface area contributed by atoms with Gasteiger partial charge in [0.1, 0.15) is 0 Å². The zero-order valence-corrected chi connectivity index (χ0v) is 12.8. The van der Waals surface area contributed by atoms with Crippen molar-refractivity contribution in [2.24, 2.45) is 5.92 Å². The Labute approximate surface area is 121 Å². The highest BCUT2D eigenvalue weighted by Crippen LogP contribution is 2.27. The van der Waals surface area contributed by atoms with Crippen LogP contribution in [0.1, 0.15) is 44.9 Å². The van der Waals surface area contributed by atoms with Crippen molar-refractivity contribution in [2.45, 2.75) is 51.0 Å². The van der Waals surface area contributed by atoms with E-state index >= 15 is 0 Å². The van der Waals surface area contributed by atoms with Gasteiger partial charge in [-0.25, -0.2) is 8.42 Å². The van der Waals surface area contributed by atoms with E-state index in [1.165, 1.54) is 32.1 Å². The molecule has 0 spiro atoms. The summed E-state index contributed by atoms with van der Waals surface area (Å²) in [6.45, 7) is 1.34. The highest BCUT2D eigenvalue weighted by atomic mass is 32.2. The van der Waals surface area contributed by atoms with Crippen LogP contribution < -0.4 is 0 Å². The quantitative estimate of drug-likeness (QED) is 0.833. The van der Waals surface area contributed by atoms with Crippen molar-refractivity contribution >= 4 is 15.8 Å². The zero-order valence-electron chi connectivity index (χ0n) is 12.0. The first-order valence-electron chi connectivity index (χ1n) is 7.62. The lowest BCUT2D eigenvalue weighted by Gasteiger charge is -2.35. The maximum Gasteiger partial charge on any atom is 0.304 e. The summed E-state index contributed by atoms with van der Waals surface area (Å²) in [6, 6.07) is -0.338. The lowest BCUT2D eigenvalue weighted by molar-refractivity contribution is -0.138. The molecule has 20 heavy (non-hydrogen) atoms. The molecule has 1 unspecified atom stereocenters. The summed E-state index contributed by atoms with van der Waals surface area (Å²) < 4.78 is 23.3. The van der Waals surface area contributed by atoms with E-state index in [0.29, 0.717) is 6.54 Å². The van der Waals surface area contributed by atoms with Gasteiger partial charge in [-0.15, -0.1) is 0 Å². The maximum absolute atomic E-state index is 11.7. The SMILES string of the molecule is O=C(O)CC1CS(=O)(=O)CCN1CCC1CCCCC1. The lowest BCUT2D eigenvalue weighted by atomic mass is 9.87. The summed E-state index contributed by atoms with van der Waals surface area (Å²) in [5.41, 5.74) is 0. The minimum atomic E-state index is -3.06. The minimum absolute atomic E-state index is 0.00394. The van der Waals surface area contributed by atoms with Crippen LogP contribution in [0.3, 0.4) is 0 Å². The summed E-state index contributed by atoms with van der Waals surface area (Å²) in [6.07, 6.45) is 7.50. The van der Waals surface area contributed by atoms with Gasteiger partial charge in [-0.05, 0) is 18.9 Å². The average molecular weight is 303 g/mol. The standard InChI is InChI=1S/C14H25NO4S/c16-14(17)10-13-11-20(18,19)9-8-15(13)7-6-12-4-2-1-3-5-12/h12-13H,1-11H2,(H,16,17). The van der Waals surface area contributed by atoms with Crippen LogP contribution >= 0.6 is 0 Å². The highest BCUT2D eigenvalue weighted by Gasteiger charge is 2.32. The van der Waals surface area contributed by atoms with Gasteiger partial charge in [0.05, 0.1) is 17.9 Å². The molecular formula is C14H25NO4S. The summed E-state index contributed by atoms with van der Waals surface area (Å²) in [5, 5.41) is 8.95. The van der Waals surface area contributed by atoms with Crippen LogP contribution in [0.15, 0.2) is 0 Å². The van der Waals surface area contributed by atoms with Gasteiger partial charge in [-0.1, -0.05) is 32.1 Å². The number of nitrogens with zero attached hydrogens (tertiary/aromatic N) is 1. The molecule has 1 atom stereocenters. The van der Waals surface area contributed by atoms with Gasteiger partial charge in [-0.2, -0.15) is 0 Å². The first-order valence-corrected chi connectivity index (χ1v) is 9.45. The molecule has 0 bridgehead atoms. The Hall–Kier alpha value is -0.620. The number of sulfone groups is 1. The Morgan fingerprint density at radius 3 is 2.55 bits per heavy atom. The Morgan fingerprint density at radius 1 is 1.20 bits per heavy atom. The molecule has 0 amide bonds. The van der Waals surface area contributed by atoms with Gasteiger partial charge < -0.3 is 5.11 Å². The van der Waals surface area contributed by atoms with Gasteiger partial charge in [0, 0.05) is 12.6 Å². The molecule has 1 heterocycles. The fraction of sp³-hybridized carbons (Fsp3) is 0.929. The number of carbonyl (C=O) groups is 1. The zero-order chi connectivity index (χ0) is 14.6. The Morgan fingerprint density at radius 2 is 1.90 bits per heavy atom. The minimum Gasteiger partial charge on any atom is -0.481 e. The average Bonchev–Trinajstić information content (AvgIpc) is 2.37. The van der Waals surface area contributed by atoms with Crippen LogP contribution in [-0.2, 0) is 14.6 Å². The van der Waals surface area contributed by atoms with Gasteiger partial charge in [0.2, 0.25) is 0 Å². The Balaban J connectivity index is 1.88. The van der Waals surface area contributed by atoms with Gasteiger partial charge in [0.25, 0.3) is 0 Å². The van der Waals surface area contributed by atoms with E-state index < -0.39 is 15.8 Å². The molecule has 2 aliphatic rings. The second-order valence-corrected chi connectivity index (χ2v) is 8.42. The molecule has 2 rings (SSSR count). The molecule has 0 aromatic rings. The van der Waals surface area contributed by atoms with E-state index in [2.05, 4.69) is 4.90 Å². The summed E-state index contributed by atoms with van der Waals surface area (Å²) in [5.74, 6) is 0.0140. The van der Waals surface area contributed by atoms with Crippen molar-refractivity contribution in [1.29, 1.82) is 0 Å². The highest BCUT2D eigenvalue weighted by molar-refractivity contribution is 7.91. The maximum atomic E-state index is 11.7. The molecule has 6 heteroatoms. The predicted octanol–water partition coefficient (Wildman–Crippen LogP) is 1.53. The fourth-order valence-corrected chi connectivity index (χ4v) is 5.02. The third-order valence-electron chi connectivity index (χ3n) is 4.61. The number of aliphatic carboxylic acids is 1. The Kier molecular flexibility index (Phi) is 5.43. The molecule has 1 saturated carbocycles. The van der Waals surface area contributed by atoms with E-state index in [1.807, 2.05) is 0 Å². The third-order valence-corrected chi connectivity index (χ3v) is 6.31. The number of hydrogen-bond donors (Lipinski definition) is 1. The van der Waals surface area contributed by atoms with Crippen LogP contribution in [0.5, 0.6) is 0 Å². The summed E-state index contributed by atoms with van der Waals surface area (Å²) >= 11 is 0. The van der Waals surface area contributed by atoms with E-state index in [0.717, 1.165) is 18.9 Å². The summed E-state index contributed by atoms with van der Waals surface area (Å²) in [7, 11) is -3.06. The topological polar surface area (TPSA) is 74.7 Å². The van der Waals surface area contributed by atoms with Gasteiger partial charge >= 0.3 is 5.97 Å². The predicted molar refractivity (Wildman–Crippen MR) is 77.5 cm³/mol. The van der Waals surface area contributed by atoms with Gasteiger partial charge in [0.15, 0.2) is 9.84 Å². The second-order valence-electron chi connectivity index (χ2n) is 6.19. The number of carboxylic acid groups (broad SMARTS) is 1. The second kappa shape index (κ2) is 6.89. The van der Waals surface area contributed by atoms with Crippen LogP contribution in [0.25, 0.3) is 0 Å². The van der Waals surface area contributed by atoms with E-state index in [4.69, 9.17) is 5.11 Å². The van der Waals surface area contributed by atoms with Crippen molar-refractivity contribution in [3.05, 3.63) is 0 Å². The van der Waals surface area contributed by atoms with Crippen LogP contribution in [-0.4, -0.2) is 55.0 Å². The molecule has 2 fully saturated rings. The van der Waals surface area contributed by atoms with Crippen molar-refractivity contribution < 1.29 is 18.3 Å². The molecule has 0 radical (unpaired) electrons. The molecular weight excluding hydrogens is 278 g/mol. The molecule has 1 aliphatic carbocycles. The molecule has 1 N–H and O–H groups in total. The van der Waals surface area contributed by atoms with Crippen LogP contribution in [0.2, 0.25) is 0 Å². The van der Waals surface area contributed by atoms with Crippen molar-refractivity contribution in [3.8, 4) is 0 Å². The molecule has 1 aliphatic heterocycles. The van der Waals surface area contributed by atoms with Crippen LogP contribution in [0.4, 0.5) is 0 Å². The first kappa shape index (κ1) is 15.8. The van der Waals surface area contributed by atoms with Crippen LogP contribution in [0, 0.1) is 5.92 Å². The largest absolute Gasteiger partial charge is 0.481 e. The Bertz CT molecular complexity index is 428. The number of carboxylic acids is 1. The van der Waals surface area contributed by atoms with Crippen molar-refractivity contribution in [2.75, 3.05) is 24.6 Å². The van der Waals surface area contributed by atoms with Crippen molar-refractivity contribution in [1.82, 2.24) is 4.90 Å². The molecule has 116 valence electrons.